The quantitative estimate of drug-likeness (QED) is 0.941. The van der Waals surface area contributed by atoms with Crippen molar-refractivity contribution in [3.05, 3.63) is 35.0 Å². The van der Waals surface area contributed by atoms with Crippen LogP contribution in [-0.4, -0.2) is 39.3 Å². The minimum absolute atomic E-state index is 0.0273. The minimum atomic E-state index is 0.0273. The number of nitrogens with one attached hydrogen (secondary N) is 1. The molecule has 6 heteroatoms. The number of hydrogen-bond donors (Lipinski definition) is 1. The van der Waals surface area contributed by atoms with Crippen LogP contribution in [0.2, 0.25) is 0 Å². The van der Waals surface area contributed by atoms with Crippen LogP contribution < -0.4 is 0 Å². The van der Waals surface area contributed by atoms with Gasteiger partial charge in [0.15, 0.2) is 0 Å². The summed E-state index contributed by atoms with van der Waals surface area (Å²) in [4.78, 5) is 14.7. The molecule has 2 aromatic heterocycles. The van der Waals surface area contributed by atoms with E-state index in [9.17, 15) is 4.79 Å². The third kappa shape index (κ3) is 2.46. The van der Waals surface area contributed by atoms with E-state index in [2.05, 4.69) is 15.4 Å². The van der Waals surface area contributed by atoms with Gasteiger partial charge in [-0.3, -0.25) is 9.89 Å². The topological polar surface area (TPSA) is 75.0 Å². The van der Waals surface area contributed by atoms with E-state index in [1.807, 2.05) is 24.8 Å². The Hall–Kier alpha value is -2.11. The molecule has 1 amide bonds. The molecular formula is C15H20N4O2. The third-order valence-electron chi connectivity index (χ3n) is 4.09. The first-order valence-corrected chi connectivity index (χ1v) is 7.32. The molecule has 1 fully saturated rings. The summed E-state index contributed by atoms with van der Waals surface area (Å²) in [6, 6.07) is 1.98. The maximum Gasteiger partial charge on any atom is 0.259 e. The van der Waals surface area contributed by atoms with E-state index in [4.69, 9.17) is 4.52 Å². The predicted molar refractivity (Wildman–Crippen MR) is 77.2 cm³/mol. The molecule has 1 aliphatic rings. The molecular weight excluding hydrogens is 268 g/mol. The van der Waals surface area contributed by atoms with Crippen LogP contribution in [0.15, 0.2) is 16.8 Å². The first-order valence-electron chi connectivity index (χ1n) is 7.32. The van der Waals surface area contributed by atoms with Gasteiger partial charge in [-0.05, 0) is 25.3 Å². The van der Waals surface area contributed by atoms with E-state index >= 15 is 0 Å². The monoisotopic (exact) mass is 288 g/mol. The van der Waals surface area contributed by atoms with Crippen LogP contribution >= 0.6 is 0 Å². The summed E-state index contributed by atoms with van der Waals surface area (Å²) in [6.07, 6.45) is 2.70. The molecule has 3 rings (SSSR count). The number of carbonyl (C=O) groups excluding carboxylic acids is 1. The molecule has 0 spiro atoms. The van der Waals surface area contributed by atoms with Gasteiger partial charge in [-0.1, -0.05) is 19.0 Å². The first kappa shape index (κ1) is 13.9. The van der Waals surface area contributed by atoms with Crippen LogP contribution in [0.3, 0.4) is 0 Å². The van der Waals surface area contributed by atoms with Gasteiger partial charge in [0, 0.05) is 30.9 Å². The molecule has 0 aromatic carbocycles. The van der Waals surface area contributed by atoms with Gasteiger partial charge in [0.05, 0.1) is 5.69 Å². The highest BCUT2D eigenvalue weighted by atomic mass is 16.5. The van der Waals surface area contributed by atoms with Crippen LogP contribution in [-0.2, 0) is 0 Å². The fourth-order valence-electron chi connectivity index (χ4n) is 2.89. The number of amides is 1. The number of likely N-dealkylation sites (tertiary alicyclic amines) is 1. The Kier molecular flexibility index (Phi) is 3.53. The molecule has 1 atom stereocenters. The smallest absolute Gasteiger partial charge is 0.259 e. The van der Waals surface area contributed by atoms with Crippen molar-refractivity contribution >= 4 is 5.91 Å². The lowest BCUT2D eigenvalue weighted by atomic mass is 10.0. The van der Waals surface area contributed by atoms with Crippen molar-refractivity contribution in [1.29, 1.82) is 0 Å². The number of aryl methyl sites for hydroxylation is 1. The zero-order valence-electron chi connectivity index (χ0n) is 12.6. The summed E-state index contributed by atoms with van der Waals surface area (Å²) in [5.41, 5.74) is 2.48. The fraction of sp³-hybridized carbons (Fsp3) is 0.533. The molecule has 2 aromatic rings. The Morgan fingerprint density at radius 3 is 3.00 bits per heavy atom. The summed E-state index contributed by atoms with van der Waals surface area (Å²) >= 11 is 0. The second-order valence-corrected chi connectivity index (χ2v) is 5.90. The first-order chi connectivity index (χ1) is 10.1. The van der Waals surface area contributed by atoms with Gasteiger partial charge in [-0.15, -0.1) is 0 Å². The van der Waals surface area contributed by atoms with Crippen molar-refractivity contribution in [2.24, 2.45) is 0 Å². The van der Waals surface area contributed by atoms with Gasteiger partial charge < -0.3 is 9.42 Å². The van der Waals surface area contributed by atoms with Crippen molar-refractivity contribution in [2.45, 2.75) is 39.0 Å². The van der Waals surface area contributed by atoms with Crippen LogP contribution in [0.25, 0.3) is 0 Å². The Morgan fingerprint density at radius 1 is 1.52 bits per heavy atom. The predicted octanol–water partition coefficient (Wildman–Crippen LogP) is 2.46. The molecule has 112 valence electrons. The summed E-state index contributed by atoms with van der Waals surface area (Å²) in [5.74, 6) is 1.14. The number of carbonyl (C=O) groups is 1. The van der Waals surface area contributed by atoms with Gasteiger partial charge >= 0.3 is 0 Å². The minimum Gasteiger partial charge on any atom is -0.361 e. The van der Waals surface area contributed by atoms with Crippen LogP contribution in [0.4, 0.5) is 0 Å². The van der Waals surface area contributed by atoms with Crippen LogP contribution in [0, 0.1) is 6.92 Å². The average Bonchev–Trinajstić information content (AvgIpc) is 3.17. The summed E-state index contributed by atoms with van der Waals surface area (Å²) in [7, 11) is 0. The second kappa shape index (κ2) is 5.35. The normalized spacial score (nSPS) is 18.7. The van der Waals surface area contributed by atoms with E-state index in [-0.39, 0.29) is 11.8 Å². The SMILES string of the molecule is Cc1onc(C(C)C)c1C(=O)N1CCC(c2ccn[nH]2)C1. The third-order valence-corrected chi connectivity index (χ3v) is 4.09. The highest BCUT2D eigenvalue weighted by Gasteiger charge is 2.32. The highest BCUT2D eigenvalue weighted by molar-refractivity contribution is 5.96. The van der Waals surface area contributed by atoms with Crippen molar-refractivity contribution in [3.63, 3.8) is 0 Å². The molecule has 0 bridgehead atoms. The average molecular weight is 288 g/mol. The zero-order valence-corrected chi connectivity index (χ0v) is 12.6. The molecule has 0 radical (unpaired) electrons. The van der Waals surface area contributed by atoms with Crippen molar-refractivity contribution in [1.82, 2.24) is 20.3 Å². The molecule has 1 saturated heterocycles. The lowest BCUT2D eigenvalue weighted by Crippen LogP contribution is -2.29. The van der Waals surface area contributed by atoms with E-state index < -0.39 is 0 Å². The van der Waals surface area contributed by atoms with Gasteiger partial charge in [-0.25, -0.2) is 0 Å². The standard InChI is InChI=1S/C15H20N4O2/c1-9(2)14-13(10(3)21-18-14)15(20)19-7-5-11(8-19)12-4-6-16-17-12/h4,6,9,11H,5,7-8H2,1-3H3,(H,16,17). The van der Waals surface area contributed by atoms with Gasteiger partial charge in [0.25, 0.3) is 5.91 Å². The molecule has 6 nitrogen and oxygen atoms in total. The molecule has 0 aliphatic carbocycles. The fourth-order valence-corrected chi connectivity index (χ4v) is 2.89. The number of rotatable bonds is 3. The van der Waals surface area contributed by atoms with Gasteiger partial charge in [0.2, 0.25) is 0 Å². The van der Waals surface area contributed by atoms with E-state index in [1.165, 1.54) is 0 Å². The highest BCUT2D eigenvalue weighted by Crippen LogP contribution is 2.29. The lowest BCUT2D eigenvalue weighted by Gasteiger charge is -2.17. The van der Waals surface area contributed by atoms with E-state index in [1.54, 1.807) is 13.1 Å². The Bertz CT molecular complexity index is 630. The number of nitrogens with zero attached hydrogens (tertiary/aromatic N) is 3. The maximum absolute atomic E-state index is 12.8. The molecule has 1 N–H and O–H groups in total. The summed E-state index contributed by atoms with van der Waals surface area (Å²) < 4.78 is 5.22. The summed E-state index contributed by atoms with van der Waals surface area (Å²) in [5, 5.41) is 11.0. The molecule has 1 aliphatic heterocycles. The second-order valence-electron chi connectivity index (χ2n) is 5.90. The Morgan fingerprint density at radius 2 is 2.33 bits per heavy atom. The zero-order chi connectivity index (χ0) is 15.0. The summed E-state index contributed by atoms with van der Waals surface area (Å²) in [6.45, 7) is 7.30. The van der Waals surface area contributed by atoms with Crippen molar-refractivity contribution < 1.29 is 9.32 Å². The number of hydrogen-bond acceptors (Lipinski definition) is 4. The van der Waals surface area contributed by atoms with Crippen LogP contribution in [0.1, 0.15) is 59.6 Å². The van der Waals surface area contributed by atoms with Crippen molar-refractivity contribution in [2.75, 3.05) is 13.1 Å². The Labute approximate surface area is 123 Å². The molecule has 3 heterocycles. The van der Waals surface area contributed by atoms with Gasteiger partial charge in [0.1, 0.15) is 11.3 Å². The molecule has 0 saturated carbocycles. The molecule has 21 heavy (non-hydrogen) atoms. The van der Waals surface area contributed by atoms with E-state index in [0.717, 1.165) is 24.4 Å². The number of aromatic nitrogens is 3. The van der Waals surface area contributed by atoms with Gasteiger partial charge in [-0.2, -0.15) is 5.10 Å². The largest absolute Gasteiger partial charge is 0.361 e. The van der Waals surface area contributed by atoms with Crippen LogP contribution in [0.5, 0.6) is 0 Å². The molecule has 1 unspecified atom stereocenters. The number of aromatic amines is 1. The maximum atomic E-state index is 12.8. The number of H-pyrrole nitrogens is 1. The Balaban J connectivity index is 1.79. The van der Waals surface area contributed by atoms with E-state index in [0.29, 0.717) is 23.8 Å². The van der Waals surface area contributed by atoms with Crippen molar-refractivity contribution in [3.8, 4) is 0 Å². The lowest BCUT2D eigenvalue weighted by molar-refractivity contribution is 0.0787.